The molecule has 5 heteroatoms. The average Bonchev–Trinajstić information content (AvgIpc) is 2.29. The number of benzene rings is 1. The second-order valence-corrected chi connectivity index (χ2v) is 3.78. The summed E-state index contributed by atoms with van der Waals surface area (Å²) in [5.41, 5.74) is 5.39. The van der Waals surface area contributed by atoms with Crippen LogP contribution < -0.4 is 15.2 Å². The van der Waals surface area contributed by atoms with E-state index in [1.165, 1.54) is 13.2 Å². The minimum atomic E-state index is -0.560. The topological polar surface area (TPSA) is 61.5 Å². The van der Waals surface area contributed by atoms with Crippen LogP contribution in [0.25, 0.3) is 0 Å². The Labute approximate surface area is 99.5 Å². The highest BCUT2D eigenvalue weighted by atomic mass is 19.1. The van der Waals surface area contributed by atoms with Gasteiger partial charge in [0.05, 0.1) is 25.3 Å². The van der Waals surface area contributed by atoms with Gasteiger partial charge in [-0.2, -0.15) is 0 Å². The van der Waals surface area contributed by atoms with Gasteiger partial charge in [-0.15, -0.1) is 0 Å². The van der Waals surface area contributed by atoms with Crippen molar-refractivity contribution in [2.24, 2.45) is 5.73 Å². The van der Waals surface area contributed by atoms with Crippen molar-refractivity contribution < 1.29 is 18.7 Å². The highest BCUT2D eigenvalue weighted by molar-refractivity contribution is 6.00. The van der Waals surface area contributed by atoms with E-state index in [1.807, 2.05) is 0 Å². The summed E-state index contributed by atoms with van der Waals surface area (Å²) < 4.78 is 23.8. The van der Waals surface area contributed by atoms with Crippen molar-refractivity contribution in [2.45, 2.75) is 20.0 Å². The van der Waals surface area contributed by atoms with Crippen LogP contribution in [-0.2, 0) is 0 Å². The third-order valence-corrected chi connectivity index (χ3v) is 2.08. The molecule has 94 valence electrons. The lowest BCUT2D eigenvalue weighted by Crippen LogP contribution is -2.17. The van der Waals surface area contributed by atoms with Crippen molar-refractivity contribution in [3.63, 3.8) is 0 Å². The Morgan fingerprint density at radius 1 is 1.47 bits per heavy atom. The van der Waals surface area contributed by atoms with Crippen LogP contribution in [-0.4, -0.2) is 25.5 Å². The van der Waals surface area contributed by atoms with Gasteiger partial charge in [0.2, 0.25) is 0 Å². The summed E-state index contributed by atoms with van der Waals surface area (Å²) in [4.78, 5) is 11.6. The van der Waals surface area contributed by atoms with E-state index >= 15 is 0 Å². The first-order valence-electron chi connectivity index (χ1n) is 5.27. The summed E-state index contributed by atoms with van der Waals surface area (Å²) >= 11 is 0. The summed E-state index contributed by atoms with van der Waals surface area (Å²) in [5, 5.41) is 0. The molecule has 0 bridgehead atoms. The first-order valence-corrected chi connectivity index (χ1v) is 5.27. The normalized spacial score (nSPS) is 10.5. The Morgan fingerprint density at radius 2 is 2.12 bits per heavy atom. The predicted molar refractivity (Wildman–Crippen MR) is 62.1 cm³/mol. The van der Waals surface area contributed by atoms with E-state index in [2.05, 4.69) is 0 Å². The first kappa shape index (κ1) is 13.4. The fraction of sp³-hybridized carbons (Fsp3) is 0.417. The van der Waals surface area contributed by atoms with Crippen molar-refractivity contribution in [1.82, 2.24) is 0 Å². The zero-order valence-electron chi connectivity index (χ0n) is 10.1. The number of hydrogen-bond donors (Lipinski definition) is 1. The minimum Gasteiger partial charge on any atom is -0.493 e. The van der Waals surface area contributed by atoms with Gasteiger partial charge in [0.1, 0.15) is 5.82 Å². The minimum absolute atomic E-state index is 0.109. The van der Waals surface area contributed by atoms with Crippen LogP contribution in [0.2, 0.25) is 0 Å². The molecule has 0 saturated heterocycles. The third-order valence-electron chi connectivity index (χ3n) is 2.08. The number of carbonyl (C=O) groups is 1. The monoisotopic (exact) mass is 241 g/mol. The number of Topliss-reactive ketones (excluding diaryl/α,β-unsaturated/α-hetero) is 1. The number of hydrogen-bond acceptors (Lipinski definition) is 4. The maximum absolute atomic E-state index is 13.3. The van der Waals surface area contributed by atoms with Gasteiger partial charge in [0.15, 0.2) is 17.3 Å². The van der Waals surface area contributed by atoms with Gasteiger partial charge in [0.25, 0.3) is 0 Å². The van der Waals surface area contributed by atoms with Crippen LogP contribution in [0.15, 0.2) is 12.1 Å². The quantitative estimate of drug-likeness (QED) is 0.798. The maximum atomic E-state index is 13.3. The van der Waals surface area contributed by atoms with Crippen LogP contribution in [0, 0.1) is 5.82 Å². The van der Waals surface area contributed by atoms with Crippen LogP contribution in [0.4, 0.5) is 4.39 Å². The average molecular weight is 241 g/mol. The van der Waals surface area contributed by atoms with Gasteiger partial charge in [-0.3, -0.25) is 4.79 Å². The standard InChI is InChI=1S/C12H16FNO3/c1-7(2)17-12-9(10(15)6-14)4-8(13)5-11(12)16-3/h4-5,7H,6,14H2,1-3H3. The second-order valence-electron chi connectivity index (χ2n) is 3.78. The summed E-state index contributed by atoms with van der Waals surface area (Å²) in [6.45, 7) is 3.40. The SMILES string of the molecule is COc1cc(F)cc(C(=O)CN)c1OC(C)C. The van der Waals surface area contributed by atoms with E-state index in [0.717, 1.165) is 6.07 Å². The second kappa shape index (κ2) is 5.63. The molecule has 4 nitrogen and oxygen atoms in total. The van der Waals surface area contributed by atoms with Crippen molar-refractivity contribution in [2.75, 3.05) is 13.7 Å². The van der Waals surface area contributed by atoms with Crippen molar-refractivity contribution in [3.05, 3.63) is 23.5 Å². The Hall–Kier alpha value is -1.62. The molecule has 17 heavy (non-hydrogen) atoms. The van der Waals surface area contributed by atoms with Crippen molar-refractivity contribution in [3.8, 4) is 11.5 Å². The van der Waals surface area contributed by atoms with Gasteiger partial charge >= 0.3 is 0 Å². The van der Waals surface area contributed by atoms with Gasteiger partial charge in [0, 0.05) is 6.07 Å². The number of ether oxygens (including phenoxy) is 2. The molecule has 1 aromatic carbocycles. The molecule has 1 aromatic rings. The highest BCUT2D eigenvalue weighted by Crippen LogP contribution is 2.33. The molecule has 0 unspecified atom stereocenters. The Morgan fingerprint density at radius 3 is 2.59 bits per heavy atom. The van der Waals surface area contributed by atoms with E-state index in [4.69, 9.17) is 15.2 Å². The van der Waals surface area contributed by atoms with E-state index in [9.17, 15) is 9.18 Å². The Bertz CT molecular complexity index is 418. The van der Waals surface area contributed by atoms with E-state index in [1.54, 1.807) is 13.8 Å². The maximum Gasteiger partial charge on any atom is 0.180 e. The fourth-order valence-corrected chi connectivity index (χ4v) is 1.39. The summed E-state index contributed by atoms with van der Waals surface area (Å²) in [5.74, 6) is -0.525. The Kier molecular flexibility index (Phi) is 4.45. The lowest BCUT2D eigenvalue weighted by Gasteiger charge is -2.16. The lowest BCUT2D eigenvalue weighted by atomic mass is 10.1. The molecule has 0 atom stereocenters. The molecular formula is C12H16FNO3. The molecule has 0 aromatic heterocycles. The molecule has 0 radical (unpaired) electrons. The summed E-state index contributed by atoms with van der Waals surface area (Å²) in [7, 11) is 1.39. The van der Waals surface area contributed by atoms with E-state index in [0.29, 0.717) is 0 Å². The molecule has 0 aliphatic carbocycles. The number of carbonyl (C=O) groups excluding carboxylic acids is 1. The molecule has 0 aliphatic rings. The van der Waals surface area contributed by atoms with Gasteiger partial charge in [-0.25, -0.2) is 4.39 Å². The molecule has 0 spiro atoms. The van der Waals surface area contributed by atoms with E-state index in [-0.39, 0.29) is 29.7 Å². The number of nitrogens with two attached hydrogens (primary N) is 1. The van der Waals surface area contributed by atoms with Gasteiger partial charge in [-0.05, 0) is 19.9 Å². The van der Waals surface area contributed by atoms with E-state index < -0.39 is 11.6 Å². The van der Waals surface area contributed by atoms with Gasteiger partial charge in [-0.1, -0.05) is 0 Å². The zero-order valence-corrected chi connectivity index (χ0v) is 10.1. The van der Waals surface area contributed by atoms with Crippen LogP contribution in [0.1, 0.15) is 24.2 Å². The van der Waals surface area contributed by atoms with Crippen LogP contribution in [0.5, 0.6) is 11.5 Å². The van der Waals surface area contributed by atoms with Crippen LogP contribution >= 0.6 is 0 Å². The number of methoxy groups -OCH3 is 1. The summed E-state index contributed by atoms with van der Waals surface area (Å²) in [6.07, 6.45) is -0.154. The highest BCUT2D eigenvalue weighted by Gasteiger charge is 2.19. The zero-order chi connectivity index (χ0) is 13.0. The molecule has 0 aliphatic heterocycles. The Balaban J connectivity index is 3.33. The molecule has 2 N–H and O–H groups in total. The number of halogens is 1. The lowest BCUT2D eigenvalue weighted by molar-refractivity contribution is 0.0994. The largest absolute Gasteiger partial charge is 0.493 e. The molecule has 1 rings (SSSR count). The molecule has 0 heterocycles. The molecular weight excluding hydrogens is 225 g/mol. The smallest absolute Gasteiger partial charge is 0.180 e. The summed E-state index contributed by atoms with van der Waals surface area (Å²) in [6, 6.07) is 2.28. The van der Waals surface area contributed by atoms with Gasteiger partial charge < -0.3 is 15.2 Å². The van der Waals surface area contributed by atoms with Crippen molar-refractivity contribution in [1.29, 1.82) is 0 Å². The molecule has 0 amide bonds. The number of rotatable bonds is 5. The molecule has 0 fully saturated rings. The number of ketones is 1. The molecule has 0 saturated carbocycles. The predicted octanol–water partition coefficient (Wildman–Crippen LogP) is 1.76. The van der Waals surface area contributed by atoms with Crippen molar-refractivity contribution >= 4 is 5.78 Å². The van der Waals surface area contributed by atoms with Crippen LogP contribution in [0.3, 0.4) is 0 Å². The first-order chi connectivity index (χ1) is 7.99. The fourth-order valence-electron chi connectivity index (χ4n) is 1.39. The third kappa shape index (κ3) is 3.17.